The zero-order chi connectivity index (χ0) is 34.8. The molecule has 256 valence electrons. The van der Waals surface area contributed by atoms with Crippen LogP contribution in [0.3, 0.4) is 0 Å². The SMILES string of the molecule is CCC(=O)N1CCCC1c1ncc(-c2ccc(-c3ccc(-c4cnc([C@@H]5CCCN5C(=O)[C@@H](c5ccccc5)N(C)C(=O)O)[nH]4)cc3)cc2)[nH]1. The minimum absolute atomic E-state index is 0.0114. The Labute approximate surface area is 291 Å². The number of likely N-dealkylation sites (tertiary alicyclic amines) is 2. The van der Waals surface area contributed by atoms with Crippen molar-refractivity contribution in [1.29, 1.82) is 0 Å². The molecule has 0 spiro atoms. The number of hydrogen-bond acceptors (Lipinski definition) is 5. The van der Waals surface area contributed by atoms with Crippen LogP contribution in [-0.2, 0) is 9.59 Å². The van der Waals surface area contributed by atoms with Gasteiger partial charge in [-0.05, 0) is 53.5 Å². The van der Waals surface area contributed by atoms with Crippen molar-refractivity contribution in [3.05, 3.63) is 108 Å². The first-order valence-corrected chi connectivity index (χ1v) is 17.2. The molecule has 2 saturated heterocycles. The Balaban J connectivity index is 1.04. The van der Waals surface area contributed by atoms with Gasteiger partial charge in [-0.25, -0.2) is 14.8 Å². The van der Waals surface area contributed by atoms with Crippen molar-refractivity contribution >= 4 is 17.9 Å². The number of nitrogens with zero attached hydrogens (tertiary/aromatic N) is 5. The number of nitrogens with one attached hydrogen (secondary N) is 2. The van der Waals surface area contributed by atoms with Crippen LogP contribution in [0.25, 0.3) is 33.6 Å². The molecule has 11 nitrogen and oxygen atoms in total. The molecular formula is C39H41N7O4. The minimum Gasteiger partial charge on any atom is -0.465 e. The number of carbonyl (C=O) groups excluding carboxylic acids is 2. The van der Waals surface area contributed by atoms with Crippen LogP contribution in [0.1, 0.15) is 74.4 Å². The summed E-state index contributed by atoms with van der Waals surface area (Å²) in [5.74, 6) is 1.44. The molecule has 0 saturated carbocycles. The number of rotatable bonds is 9. The molecule has 5 aromatic rings. The van der Waals surface area contributed by atoms with Crippen LogP contribution in [0.4, 0.5) is 4.79 Å². The van der Waals surface area contributed by atoms with E-state index >= 15 is 0 Å². The maximum Gasteiger partial charge on any atom is 0.407 e. The summed E-state index contributed by atoms with van der Waals surface area (Å²) >= 11 is 0. The van der Waals surface area contributed by atoms with E-state index in [0.29, 0.717) is 24.4 Å². The quantitative estimate of drug-likeness (QED) is 0.151. The van der Waals surface area contributed by atoms with Crippen LogP contribution in [0.15, 0.2) is 91.3 Å². The molecule has 2 aliphatic rings. The van der Waals surface area contributed by atoms with Gasteiger partial charge in [0.25, 0.3) is 5.91 Å². The van der Waals surface area contributed by atoms with Crippen molar-refractivity contribution in [2.75, 3.05) is 20.1 Å². The molecule has 0 radical (unpaired) electrons. The number of benzene rings is 3. The number of likely N-dealkylation sites (N-methyl/N-ethyl adjacent to an activating group) is 1. The third-order valence-electron chi connectivity index (χ3n) is 10.00. The van der Waals surface area contributed by atoms with Gasteiger partial charge in [0.2, 0.25) is 5.91 Å². The molecule has 3 amide bonds. The normalized spacial score (nSPS) is 18.0. The second-order valence-electron chi connectivity index (χ2n) is 13.0. The summed E-state index contributed by atoms with van der Waals surface area (Å²) in [5, 5.41) is 9.76. The highest BCUT2D eigenvalue weighted by molar-refractivity contribution is 5.87. The van der Waals surface area contributed by atoms with Crippen molar-refractivity contribution in [3.8, 4) is 33.6 Å². The third-order valence-corrected chi connectivity index (χ3v) is 10.00. The molecule has 50 heavy (non-hydrogen) atoms. The lowest BCUT2D eigenvalue weighted by molar-refractivity contribution is -0.137. The van der Waals surface area contributed by atoms with Gasteiger partial charge in [0.1, 0.15) is 17.7 Å². The molecule has 1 unspecified atom stereocenters. The zero-order valence-electron chi connectivity index (χ0n) is 28.3. The first kappa shape index (κ1) is 32.8. The van der Waals surface area contributed by atoms with E-state index in [2.05, 4.69) is 68.5 Å². The highest BCUT2D eigenvalue weighted by atomic mass is 16.4. The summed E-state index contributed by atoms with van der Waals surface area (Å²) in [6.07, 6.45) is 6.44. The average molecular weight is 672 g/mol. The summed E-state index contributed by atoms with van der Waals surface area (Å²) in [7, 11) is 1.43. The number of amides is 3. The Bertz CT molecular complexity index is 1970. The van der Waals surface area contributed by atoms with Gasteiger partial charge in [-0.2, -0.15) is 0 Å². The number of imidazole rings is 2. The molecule has 3 aromatic carbocycles. The van der Waals surface area contributed by atoms with E-state index in [1.54, 1.807) is 23.2 Å². The maximum absolute atomic E-state index is 13.9. The van der Waals surface area contributed by atoms with Crippen molar-refractivity contribution in [2.24, 2.45) is 0 Å². The lowest BCUT2D eigenvalue weighted by atomic mass is 10.0. The van der Waals surface area contributed by atoms with Crippen molar-refractivity contribution < 1.29 is 19.5 Å². The molecule has 2 fully saturated rings. The smallest absolute Gasteiger partial charge is 0.407 e. The number of H-pyrrole nitrogens is 2. The van der Waals surface area contributed by atoms with Crippen LogP contribution in [0, 0.1) is 0 Å². The summed E-state index contributed by atoms with van der Waals surface area (Å²) in [4.78, 5) is 59.2. The molecule has 3 atom stereocenters. The van der Waals surface area contributed by atoms with E-state index < -0.39 is 12.1 Å². The van der Waals surface area contributed by atoms with Crippen LogP contribution < -0.4 is 0 Å². The average Bonchev–Trinajstić information content (AvgIpc) is 3.98. The highest BCUT2D eigenvalue weighted by Gasteiger charge is 2.39. The summed E-state index contributed by atoms with van der Waals surface area (Å²) in [6.45, 7) is 3.22. The standard InChI is InChI=1S/C39H41N7O4/c1-3-34(47)45-21-7-11-32(45)36-40-23-30(42-36)27-17-13-25(14-18-27)26-15-19-28(20-16-26)31-24-41-37(43-31)33-12-8-22-46(33)38(48)35(44(2)39(49)50)29-9-5-4-6-10-29/h4-6,9-10,13-20,23-24,32-33,35H,3,7-8,11-12,21-22H2,1-2H3,(H,40,42)(H,41,43)(H,49,50)/t32?,33-,35+/m0/s1. The summed E-state index contributed by atoms with van der Waals surface area (Å²) in [5.41, 5.74) is 6.58. The molecular weight excluding hydrogens is 630 g/mol. The topological polar surface area (TPSA) is 139 Å². The third kappa shape index (κ3) is 6.38. The second kappa shape index (κ2) is 14.0. The van der Waals surface area contributed by atoms with Crippen LogP contribution >= 0.6 is 0 Å². The van der Waals surface area contributed by atoms with E-state index in [9.17, 15) is 19.5 Å². The van der Waals surface area contributed by atoms with Crippen molar-refractivity contribution in [2.45, 2.75) is 57.2 Å². The van der Waals surface area contributed by atoms with Crippen LogP contribution in [-0.4, -0.2) is 77.8 Å². The fourth-order valence-electron chi connectivity index (χ4n) is 7.29. The molecule has 4 heterocycles. The van der Waals surface area contributed by atoms with E-state index in [1.807, 2.05) is 36.2 Å². The summed E-state index contributed by atoms with van der Waals surface area (Å²) < 4.78 is 0. The van der Waals surface area contributed by atoms with Gasteiger partial charge in [0, 0.05) is 26.6 Å². The largest absolute Gasteiger partial charge is 0.465 e. The summed E-state index contributed by atoms with van der Waals surface area (Å²) in [6, 6.07) is 24.4. The molecule has 2 aromatic heterocycles. The van der Waals surface area contributed by atoms with E-state index in [1.165, 1.54) is 7.05 Å². The second-order valence-corrected chi connectivity index (χ2v) is 13.0. The fourth-order valence-corrected chi connectivity index (χ4v) is 7.29. The number of aromatic nitrogens is 4. The van der Waals surface area contributed by atoms with E-state index in [0.717, 1.165) is 76.6 Å². The fraction of sp³-hybridized carbons (Fsp3) is 0.308. The molecule has 7 rings (SSSR count). The number of carbonyl (C=O) groups is 3. The van der Waals surface area contributed by atoms with Crippen molar-refractivity contribution in [3.63, 3.8) is 0 Å². The van der Waals surface area contributed by atoms with Gasteiger partial charge in [0.05, 0.1) is 35.9 Å². The van der Waals surface area contributed by atoms with E-state index in [-0.39, 0.29) is 23.9 Å². The molecule has 0 aliphatic carbocycles. The highest BCUT2D eigenvalue weighted by Crippen LogP contribution is 2.36. The van der Waals surface area contributed by atoms with Gasteiger partial charge in [-0.15, -0.1) is 0 Å². The first-order chi connectivity index (χ1) is 24.3. The van der Waals surface area contributed by atoms with E-state index in [4.69, 9.17) is 0 Å². The molecule has 0 bridgehead atoms. The predicted octanol–water partition coefficient (Wildman–Crippen LogP) is 7.22. The Morgan fingerprint density at radius 2 is 1.24 bits per heavy atom. The monoisotopic (exact) mass is 671 g/mol. The van der Waals surface area contributed by atoms with Crippen LogP contribution in [0.5, 0.6) is 0 Å². The van der Waals surface area contributed by atoms with Gasteiger partial charge in [0.15, 0.2) is 0 Å². The number of aromatic amines is 2. The Kier molecular flexibility index (Phi) is 9.21. The molecule has 2 aliphatic heterocycles. The Morgan fingerprint density at radius 1 is 0.760 bits per heavy atom. The predicted molar refractivity (Wildman–Crippen MR) is 190 cm³/mol. The minimum atomic E-state index is -1.16. The lowest BCUT2D eigenvalue weighted by Crippen LogP contribution is -2.43. The Morgan fingerprint density at radius 3 is 1.74 bits per heavy atom. The number of carboxylic acid groups (broad SMARTS) is 1. The molecule has 11 heteroatoms. The van der Waals surface area contributed by atoms with Gasteiger partial charge < -0.3 is 24.9 Å². The van der Waals surface area contributed by atoms with Gasteiger partial charge in [-0.3, -0.25) is 14.5 Å². The first-order valence-electron chi connectivity index (χ1n) is 17.2. The van der Waals surface area contributed by atoms with Gasteiger partial charge in [-0.1, -0.05) is 85.8 Å². The maximum atomic E-state index is 13.9. The lowest BCUT2D eigenvalue weighted by Gasteiger charge is -2.32. The number of hydrogen-bond donors (Lipinski definition) is 3. The van der Waals surface area contributed by atoms with Gasteiger partial charge >= 0.3 is 6.09 Å². The van der Waals surface area contributed by atoms with Crippen LogP contribution in [0.2, 0.25) is 0 Å². The van der Waals surface area contributed by atoms with Crippen molar-refractivity contribution in [1.82, 2.24) is 34.6 Å². The Hall–Kier alpha value is -5.71. The zero-order valence-corrected chi connectivity index (χ0v) is 28.3. The molecule has 3 N–H and O–H groups in total.